The van der Waals surface area contributed by atoms with Gasteiger partial charge in [-0.05, 0) is 56.4 Å². The van der Waals surface area contributed by atoms with Crippen LogP contribution in [0.5, 0.6) is 0 Å². The Kier molecular flexibility index (Phi) is 4.57. The lowest BCUT2D eigenvalue weighted by Gasteiger charge is -2.19. The molecule has 0 amide bonds. The van der Waals surface area contributed by atoms with Crippen LogP contribution < -0.4 is 0 Å². The number of aromatic nitrogens is 2. The number of Topliss-reactive ketones (excluding diaryl/α,β-unsaturated/α-hetero) is 1. The van der Waals surface area contributed by atoms with Crippen molar-refractivity contribution in [3.63, 3.8) is 0 Å². The molecule has 140 valence electrons. The standard InChI is InChI=1S/C20H22N4OS2/c21-10-24-13-5-6-16(24)12(7-13)8-14(25)9-26-19-18-15-3-1-2-4-17(15)27-20(18)23-11-22-19/h11-13,16H,1-9H2/t12-,13-,16+/m0/s1. The van der Waals surface area contributed by atoms with Crippen LogP contribution in [0.25, 0.3) is 10.2 Å². The van der Waals surface area contributed by atoms with Crippen LogP contribution >= 0.6 is 23.1 Å². The van der Waals surface area contributed by atoms with E-state index in [1.54, 1.807) is 29.4 Å². The predicted molar refractivity (Wildman–Crippen MR) is 107 cm³/mol. The van der Waals surface area contributed by atoms with Crippen molar-refractivity contribution in [2.45, 2.75) is 68.5 Å². The maximum Gasteiger partial charge on any atom is 0.179 e. The number of hydrogen-bond donors (Lipinski definition) is 0. The van der Waals surface area contributed by atoms with Gasteiger partial charge in [-0.1, -0.05) is 11.8 Å². The molecule has 27 heavy (non-hydrogen) atoms. The Morgan fingerprint density at radius 2 is 2.22 bits per heavy atom. The molecule has 0 N–H and O–H groups in total. The van der Waals surface area contributed by atoms with E-state index in [9.17, 15) is 10.1 Å². The molecule has 3 atom stereocenters. The van der Waals surface area contributed by atoms with E-state index in [4.69, 9.17) is 0 Å². The van der Waals surface area contributed by atoms with Crippen molar-refractivity contribution in [2.24, 2.45) is 5.92 Å². The number of thiophene rings is 1. The summed E-state index contributed by atoms with van der Waals surface area (Å²) in [6, 6.07) is 0.674. The fourth-order valence-electron chi connectivity index (χ4n) is 5.16. The molecule has 0 radical (unpaired) electrons. The SMILES string of the molecule is N#CN1[C@H]2CC[C@@H]1[C@H](CC(=O)CSc1ncnc3sc4c(c13)CCCC4)C2. The number of rotatable bonds is 5. The van der Waals surface area contributed by atoms with Crippen molar-refractivity contribution < 1.29 is 4.79 Å². The number of nitrogens with zero attached hydrogens (tertiary/aromatic N) is 4. The highest BCUT2D eigenvalue weighted by molar-refractivity contribution is 8.00. The van der Waals surface area contributed by atoms with Crippen molar-refractivity contribution in [3.8, 4) is 6.19 Å². The van der Waals surface area contributed by atoms with E-state index in [2.05, 4.69) is 16.2 Å². The molecule has 2 saturated heterocycles. The minimum Gasteiger partial charge on any atom is -0.304 e. The Hall–Kier alpha value is -1.65. The summed E-state index contributed by atoms with van der Waals surface area (Å²) < 4.78 is 0. The quantitative estimate of drug-likeness (QED) is 0.431. The highest BCUT2D eigenvalue weighted by Gasteiger charge is 2.46. The number of carbonyl (C=O) groups excluding carboxylic acids is 1. The van der Waals surface area contributed by atoms with Gasteiger partial charge in [0.1, 0.15) is 22.0 Å². The first-order valence-electron chi connectivity index (χ1n) is 9.82. The first-order valence-corrected chi connectivity index (χ1v) is 11.6. The average Bonchev–Trinajstić information content (AvgIpc) is 3.36. The summed E-state index contributed by atoms with van der Waals surface area (Å²) in [7, 11) is 0. The molecule has 2 bridgehead atoms. The van der Waals surface area contributed by atoms with Crippen LogP contribution in [0.1, 0.15) is 49.0 Å². The first kappa shape index (κ1) is 17.4. The van der Waals surface area contributed by atoms with Gasteiger partial charge >= 0.3 is 0 Å². The summed E-state index contributed by atoms with van der Waals surface area (Å²) in [5, 5.41) is 11.5. The number of hydrogen-bond acceptors (Lipinski definition) is 7. The zero-order valence-electron chi connectivity index (χ0n) is 15.2. The van der Waals surface area contributed by atoms with Crippen LogP contribution in [0.3, 0.4) is 0 Å². The third-order valence-electron chi connectivity index (χ3n) is 6.36. The molecule has 2 aromatic heterocycles. The van der Waals surface area contributed by atoms with Gasteiger partial charge in [-0.15, -0.1) is 11.3 Å². The molecule has 0 saturated carbocycles. The van der Waals surface area contributed by atoms with Crippen molar-refractivity contribution >= 4 is 39.1 Å². The second-order valence-corrected chi connectivity index (χ2v) is 9.95. The lowest BCUT2D eigenvalue weighted by Crippen LogP contribution is -2.26. The van der Waals surface area contributed by atoms with E-state index >= 15 is 0 Å². The van der Waals surface area contributed by atoms with Gasteiger partial charge in [0.05, 0.1) is 5.75 Å². The molecule has 5 rings (SSSR count). The molecule has 7 heteroatoms. The third kappa shape index (κ3) is 3.03. The monoisotopic (exact) mass is 398 g/mol. The molecular weight excluding hydrogens is 376 g/mol. The topological polar surface area (TPSA) is 69.9 Å². The molecule has 1 aliphatic carbocycles. The van der Waals surface area contributed by atoms with Crippen LogP contribution in [-0.4, -0.2) is 38.5 Å². The third-order valence-corrected chi connectivity index (χ3v) is 8.61. The Bertz CT molecular complexity index is 934. The van der Waals surface area contributed by atoms with Gasteiger partial charge in [0, 0.05) is 28.8 Å². The summed E-state index contributed by atoms with van der Waals surface area (Å²) >= 11 is 3.37. The van der Waals surface area contributed by atoms with Gasteiger partial charge < -0.3 is 4.90 Å². The van der Waals surface area contributed by atoms with Crippen molar-refractivity contribution in [1.82, 2.24) is 14.9 Å². The van der Waals surface area contributed by atoms with Crippen LogP contribution in [0, 0.1) is 17.4 Å². The van der Waals surface area contributed by atoms with Crippen LogP contribution in [0.2, 0.25) is 0 Å². The van der Waals surface area contributed by atoms with Crippen LogP contribution in [0.15, 0.2) is 11.4 Å². The molecule has 2 aliphatic heterocycles. The highest BCUT2D eigenvalue weighted by Crippen LogP contribution is 2.43. The van der Waals surface area contributed by atoms with Gasteiger partial charge in [0.2, 0.25) is 0 Å². The average molecular weight is 399 g/mol. The normalized spacial score (nSPS) is 26.3. The van der Waals surface area contributed by atoms with E-state index < -0.39 is 0 Å². The van der Waals surface area contributed by atoms with Gasteiger partial charge in [0.25, 0.3) is 0 Å². The Morgan fingerprint density at radius 1 is 1.33 bits per heavy atom. The molecule has 4 heterocycles. The second kappa shape index (κ2) is 7.06. The van der Waals surface area contributed by atoms with Crippen molar-refractivity contribution in [2.75, 3.05) is 5.75 Å². The number of ketones is 1. The molecule has 0 aromatic carbocycles. The minimum absolute atomic E-state index is 0.284. The van der Waals surface area contributed by atoms with Gasteiger partial charge in [-0.2, -0.15) is 5.26 Å². The van der Waals surface area contributed by atoms with E-state index in [0.717, 1.165) is 42.0 Å². The summed E-state index contributed by atoms with van der Waals surface area (Å²) in [5.41, 5.74) is 1.43. The zero-order chi connectivity index (χ0) is 18.4. The lowest BCUT2D eigenvalue weighted by molar-refractivity contribution is -0.117. The maximum absolute atomic E-state index is 12.6. The van der Waals surface area contributed by atoms with Crippen LogP contribution in [0.4, 0.5) is 0 Å². The number of carbonyl (C=O) groups is 1. The fourth-order valence-corrected chi connectivity index (χ4v) is 7.35. The fraction of sp³-hybridized carbons (Fsp3) is 0.600. The highest BCUT2D eigenvalue weighted by atomic mass is 32.2. The second-order valence-electron chi connectivity index (χ2n) is 7.90. The van der Waals surface area contributed by atoms with E-state index in [-0.39, 0.29) is 5.78 Å². The van der Waals surface area contributed by atoms with Crippen LogP contribution in [-0.2, 0) is 17.6 Å². The molecular formula is C20H22N4OS2. The largest absolute Gasteiger partial charge is 0.304 e. The number of thioether (sulfide) groups is 1. The number of nitriles is 1. The number of aryl methyl sites for hydroxylation is 2. The number of fused-ring (bicyclic) bond motifs is 5. The summed E-state index contributed by atoms with van der Waals surface area (Å²) in [6.45, 7) is 0. The van der Waals surface area contributed by atoms with E-state index in [0.29, 0.717) is 30.2 Å². The van der Waals surface area contributed by atoms with Gasteiger partial charge in [0.15, 0.2) is 6.19 Å². The molecule has 5 nitrogen and oxygen atoms in total. The molecule has 2 aromatic rings. The Morgan fingerprint density at radius 3 is 3.07 bits per heavy atom. The Labute approximate surface area is 167 Å². The van der Waals surface area contributed by atoms with Crippen molar-refractivity contribution in [1.29, 1.82) is 5.26 Å². The smallest absolute Gasteiger partial charge is 0.179 e. The lowest BCUT2D eigenvalue weighted by atomic mass is 9.86. The summed E-state index contributed by atoms with van der Waals surface area (Å²) in [6.07, 6.45) is 12.5. The van der Waals surface area contributed by atoms with E-state index in [1.807, 2.05) is 4.90 Å². The van der Waals surface area contributed by atoms with Gasteiger partial charge in [-0.3, -0.25) is 4.79 Å². The maximum atomic E-state index is 12.6. The zero-order valence-corrected chi connectivity index (χ0v) is 16.8. The summed E-state index contributed by atoms with van der Waals surface area (Å²) in [5.74, 6) is 1.11. The molecule has 2 fully saturated rings. The van der Waals surface area contributed by atoms with E-state index in [1.165, 1.54) is 28.7 Å². The summed E-state index contributed by atoms with van der Waals surface area (Å²) in [4.78, 5) is 26.1. The predicted octanol–water partition coefficient (Wildman–Crippen LogP) is 3.96. The molecule has 0 spiro atoms. The first-order chi connectivity index (χ1) is 13.2. The molecule has 3 aliphatic rings. The van der Waals surface area contributed by atoms with Crippen molar-refractivity contribution in [3.05, 3.63) is 16.8 Å². The Balaban J connectivity index is 1.27. The minimum atomic E-state index is 0.284. The van der Waals surface area contributed by atoms with Gasteiger partial charge in [-0.25, -0.2) is 9.97 Å². The molecule has 0 unspecified atom stereocenters.